The van der Waals surface area contributed by atoms with Crippen LogP contribution in [0.3, 0.4) is 0 Å². The van der Waals surface area contributed by atoms with Crippen molar-refractivity contribution in [3.05, 3.63) is 0 Å². The third kappa shape index (κ3) is 11.3. The molecule has 0 aliphatic rings. The predicted molar refractivity (Wildman–Crippen MR) is 85.8 cm³/mol. The number of hydrogen-bond donors (Lipinski definition) is 0. The van der Waals surface area contributed by atoms with Crippen LogP contribution >= 0.6 is 7.80 Å². The van der Waals surface area contributed by atoms with E-state index in [9.17, 15) is 0 Å². The lowest BCUT2D eigenvalue weighted by Gasteiger charge is -2.26. The molecule has 0 nitrogen and oxygen atoms in total. The molecule has 1 atom stereocenters. The maximum atomic E-state index is 2.65. The first kappa shape index (κ1) is 17.5. The molecule has 0 bridgehead atoms. The summed E-state index contributed by atoms with van der Waals surface area (Å²) < 4.78 is 0. The van der Waals surface area contributed by atoms with Crippen LogP contribution in [0, 0.1) is 0 Å². The van der Waals surface area contributed by atoms with E-state index in [0.29, 0.717) is 5.31 Å². The van der Waals surface area contributed by atoms with Gasteiger partial charge in [0.15, 0.2) is 7.00 Å². The molecular weight excluding hydrogens is 222 g/mol. The molecule has 101 valence electrons. The minimum atomic E-state index is 0.170. The minimum Gasteiger partial charge on any atom is -0.151 e. The van der Waals surface area contributed by atoms with Crippen molar-refractivity contribution in [2.24, 2.45) is 0 Å². The van der Waals surface area contributed by atoms with Gasteiger partial charge in [0.05, 0.1) is 0 Å². The van der Waals surface area contributed by atoms with Gasteiger partial charge in [0.1, 0.15) is 0 Å². The molecule has 1 unspecified atom stereocenters. The van der Waals surface area contributed by atoms with Gasteiger partial charge in [0, 0.05) is 0 Å². The summed E-state index contributed by atoms with van der Waals surface area (Å²) in [7, 11) is 0.170. The van der Waals surface area contributed by atoms with Crippen LogP contribution in [0.1, 0.15) is 79.1 Å². The van der Waals surface area contributed by atoms with Gasteiger partial charge in [-0.25, -0.2) is 0 Å². The average Bonchev–Trinajstić information content (AvgIpc) is 2.22. The van der Waals surface area contributed by atoms with Gasteiger partial charge in [-0.1, -0.05) is 91.0 Å². The Morgan fingerprint density at radius 2 is 1.47 bits per heavy atom. The van der Waals surface area contributed by atoms with Crippen LogP contribution in [0.5, 0.6) is 0 Å². The summed E-state index contributed by atoms with van der Waals surface area (Å²) in [6.07, 6.45) is 12.7. The highest BCUT2D eigenvalue weighted by Gasteiger charge is 2.21. The molecule has 0 amide bonds. The van der Waals surface area contributed by atoms with Crippen molar-refractivity contribution in [1.29, 1.82) is 0 Å². The summed E-state index contributed by atoms with van der Waals surface area (Å²) in [4.78, 5) is 0. The van der Waals surface area contributed by atoms with E-state index in [2.05, 4.69) is 41.4 Å². The Morgan fingerprint density at radius 3 is 2.06 bits per heavy atom. The van der Waals surface area contributed by atoms with E-state index in [1.165, 1.54) is 57.5 Å². The lowest BCUT2D eigenvalue weighted by atomic mass is 9.68. The summed E-state index contributed by atoms with van der Waals surface area (Å²) in [6, 6.07) is 0. The van der Waals surface area contributed by atoms with Crippen LogP contribution in [0.4, 0.5) is 0 Å². The summed E-state index contributed by atoms with van der Waals surface area (Å²) in [5, 5.41) is 0.470. The van der Waals surface area contributed by atoms with E-state index in [-0.39, 0.29) is 7.80 Å². The van der Waals surface area contributed by atoms with Crippen molar-refractivity contribution in [2.75, 3.05) is 12.8 Å². The number of hydrogen-bond acceptors (Lipinski definition) is 0. The smallest absolute Gasteiger partial charge is 0.151 e. The molecule has 0 rings (SSSR count). The van der Waals surface area contributed by atoms with Crippen LogP contribution in [-0.4, -0.2) is 19.8 Å². The molecule has 0 aliphatic carbocycles. The maximum Gasteiger partial charge on any atom is 0.152 e. The highest BCUT2D eigenvalue weighted by Crippen LogP contribution is 2.43. The Balaban J connectivity index is 3.48. The molecule has 0 spiro atoms. The first-order valence-electron chi connectivity index (χ1n) is 7.58. The van der Waals surface area contributed by atoms with Gasteiger partial charge in [-0.2, -0.15) is 7.80 Å². The van der Waals surface area contributed by atoms with Crippen molar-refractivity contribution >= 4 is 14.8 Å². The highest BCUT2D eigenvalue weighted by molar-refractivity contribution is 7.85. The van der Waals surface area contributed by atoms with Gasteiger partial charge < -0.3 is 0 Å². The molecule has 0 aromatic rings. The van der Waals surface area contributed by atoms with E-state index < -0.39 is 0 Å². The topological polar surface area (TPSA) is 0 Å². The van der Waals surface area contributed by atoms with Crippen LogP contribution in [0.15, 0.2) is 0 Å². The quantitative estimate of drug-likeness (QED) is 0.238. The molecule has 0 N–H and O–H groups in total. The van der Waals surface area contributed by atoms with Gasteiger partial charge in [0.2, 0.25) is 0 Å². The van der Waals surface area contributed by atoms with Gasteiger partial charge in [-0.3, -0.25) is 0 Å². The highest BCUT2D eigenvalue weighted by atomic mass is 31.1. The molecule has 2 heteroatoms. The standard InChI is InChI=1S/C15H33BP/c1-6-8-9-10-11-12-14-17(5)16-15(3,4)13-7-2/h6-14H2,1-5H3. The molecule has 1 radical (unpaired) electrons. The maximum absolute atomic E-state index is 2.65. The Morgan fingerprint density at radius 1 is 0.882 bits per heavy atom. The van der Waals surface area contributed by atoms with Crippen molar-refractivity contribution in [1.82, 2.24) is 0 Å². The van der Waals surface area contributed by atoms with Crippen LogP contribution < -0.4 is 0 Å². The molecule has 0 saturated carbocycles. The molecule has 0 aromatic heterocycles. The Bertz CT molecular complexity index is 168. The fraction of sp³-hybridized carbons (Fsp3) is 1.00. The van der Waals surface area contributed by atoms with Gasteiger partial charge >= 0.3 is 0 Å². The molecule has 0 aliphatic heterocycles. The van der Waals surface area contributed by atoms with Crippen molar-refractivity contribution < 1.29 is 0 Å². The summed E-state index contributed by atoms with van der Waals surface area (Å²) in [5.41, 5.74) is 0. The molecule has 0 aromatic carbocycles. The second-order valence-electron chi connectivity index (χ2n) is 6.12. The largest absolute Gasteiger partial charge is 0.152 e. The van der Waals surface area contributed by atoms with Crippen molar-refractivity contribution in [3.63, 3.8) is 0 Å². The number of unbranched alkanes of at least 4 members (excludes halogenated alkanes) is 5. The zero-order chi connectivity index (χ0) is 13.1. The second kappa shape index (κ2) is 10.4. The van der Waals surface area contributed by atoms with Gasteiger partial charge in [-0.15, -0.1) is 0 Å². The molecular formula is C15H33BP. The summed E-state index contributed by atoms with van der Waals surface area (Å²) >= 11 is 0. The molecule has 0 fully saturated rings. The van der Waals surface area contributed by atoms with Gasteiger partial charge in [-0.05, 0) is 6.16 Å². The predicted octanol–water partition coefficient (Wildman–Crippen LogP) is 6.08. The number of rotatable bonds is 11. The normalized spacial score (nSPS) is 13.7. The van der Waals surface area contributed by atoms with E-state index in [1.54, 1.807) is 0 Å². The lowest BCUT2D eigenvalue weighted by Crippen LogP contribution is -2.12. The fourth-order valence-electron chi connectivity index (χ4n) is 2.51. The van der Waals surface area contributed by atoms with E-state index in [1.807, 2.05) is 0 Å². The monoisotopic (exact) mass is 255 g/mol. The first-order valence-corrected chi connectivity index (χ1v) is 9.62. The van der Waals surface area contributed by atoms with E-state index >= 15 is 0 Å². The third-order valence-electron chi connectivity index (χ3n) is 3.33. The third-order valence-corrected chi connectivity index (χ3v) is 5.49. The van der Waals surface area contributed by atoms with Crippen LogP contribution in [0.2, 0.25) is 5.31 Å². The van der Waals surface area contributed by atoms with Crippen molar-refractivity contribution in [3.8, 4) is 0 Å². The van der Waals surface area contributed by atoms with Crippen LogP contribution in [-0.2, 0) is 0 Å². The van der Waals surface area contributed by atoms with Crippen molar-refractivity contribution in [2.45, 2.75) is 84.4 Å². The minimum absolute atomic E-state index is 0.170. The summed E-state index contributed by atoms with van der Waals surface area (Å²) in [5.74, 6) is 0. The fourth-order valence-corrected chi connectivity index (χ4v) is 4.69. The molecule has 17 heavy (non-hydrogen) atoms. The van der Waals surface area contributed by atoms with Crippen LogP contribution in [0.25, 0.3) is 0 Å². The summed E-state index contributed by atoms with van der Waals surface area (Å²) in [6.45, 7) is 14.5. The Labute approximate surface area is 112 Å². The van der Waals surface area contributed by atoms with Gasteiger partial charge in [0.25, 0.3) is 0 Å². The van der Waals surface area contributed by atoms with E-state index in [4.69, 9.17) is 0 Å². The second-order valence-corrected chi connectivity index (χ2v) is 8.34. The zero-order valence-corrected chi connectivity index (χ0v) is 13.8. The average molecular weight is 255 g/mol. The molecule has 0 saturated heterocycles. The Hall–Kier alpha value is 0.495. The lowest BCUT2D eigenvalue weighted by molar-refractivity contribution is 0.598. The SMILES string of the molecule is CCCCCCCCP(C)[B]C(C)(C)CCC. The zero-order valence-electron chi connectivity index (χ0n) is 12.9. The Kier molecular flexibility index (Phi) is 10.7. The van der Waals surface area contributed by atoms with E-state index in [0.717, 1.165) is 0 Å². The first-order chi connectivity index (χ1) is 8.02. The molecule has 0 heterocycles.